The van der Waals surface area contributed by atoms with Crippen molar-refractivity contribution in [3.8, 4) is 17.2 Å². The number of fused-ring (bicyclic) bond motifs is 1. The predicted molar refractivity (Wildman–Crippen MR) is 120 cm³/mol. The number of furan rings is 1. The van der Waals surface area contributed by atoms with Crippen molar-refractivity contribution in [2.24, 2.45) is 7.05 Å². The van der Waals surface area contributed by atoms with Gasteiger partial charge >= 0.3 is 0 Å². The van der Waals surface area contributed by atoms with Gasteiger partial charge < -0.3 is 19.8 Å². The van der Waals surface area contributed by atoms with Crippen molar-refractivity contribution in [3.05, 3.63) is 59.5 Å². The Morgan fingerprint density at radius 2 is 2.00 bits per heavy atom. The number of carbonyl (C=O) groups excluding carboxylic acids is 2. The SMILES string of the molecule is COc1ccc(C)cc1NC(=O)CNC(=O)c1cc(-c2ccco2)nc2c1c(C)nn2C. The molecule has 9 heteroatoms. The predicted octanol–water partition coefficient (Wildman–Crippen LogP) is 3.22. The summed E-state index contributed by atoms with van der Waals surface area (Å²) in [6.45, 7) is 3.51. The lowest BCUT2D eigenvalue weighted by Crippen LogP contribution is -2.33. The molecule has 0 aliphatic heterocycles. The fourth-order valence-electron chi connectivity index (χ4n) is 3.54. The molecule has 0 spiro atoms. The van der Waals surface area contributed by atoms with Gasteiger partial charge in [0.2, 0.25) is 5.91 Å². The van der Waals surface area contributed by atoms with Crippen LogP contribution in [-0.4, -0.2) is 40.2 Å². The molecule has 0 fully saturated rings. The molecular weight excluding hydrogens is 410 g/mol. The van der Waals surface area contributed by atoms with E-state index in [9.17, 15) is 9.59 Å². The van der Waals surface area contributed by atoms with Crippen LogP contribution in [0.3, 0.4) is 0 Å². The Labute approximate surface area is 184 Å². The van der Waals surface area contributed by atoms with Crippen LogP contribution in [0.1, 0.15) is 21.6 Å². The van der Waals surface area contributed by atoms with E-state index in [1.54, 1.807) is 48.3 Å². The molecule has 0 unspecified atom stereocenters. The second kappa shape index (κ2) is 8.54. The smallest absolute Gasteiger partial charge is 0.252 e. The number of pyridine rings is 1. The zero-order chi connectivity index (χ0) is 22.8. The molecule has 164 valence electrons. The summed E-state index contributed by atoms with van der Waals surface area (Å²) in [7, 11) is 3.29. The molecule has 2 N–H and O–H groups in total. The van der Waals surface area contributed by atoms with Crippen LogP contribution >= 0.6 is 0 Å². The lowest BCUT2D eigenvalue weighted by molar-refractivity contribution is -0.115. The van der Waals surface area contributed by atoms with Gasteiger partial charge in [0.15, 0.2) is 11.4 Å². The summed E-state index contributed by atoms with van der Waals surface area (Å²) in [6, 6.07) is 10.6. The topological polar surface area (TPSA) is 111 Å². The molecule has 0 aliphatic carbocycles. The molecule has 0 radical (unpaired) electrons. The Balaban J connectivity index is 1.58. The quantitative estimate of drug-likeness (QED) is 0.483. The zero-order valence-electron chi connectivity index (χ0n) is 18.2. The van der Waals surface area contributed by atoms with Crippen LogP contribution in [0.2, 0.25) is 0 Å². The highest BCUT2D eigenvalue weighted by molar-refractivity contribution is 6.08. The van der Waals surface area contributed by atoms with Gasteiger partial charge in [-0.2, -0.15) is 5.10 Å². The van der Waals surface area contributed by atoms with E-state index in [1.165, 1.54) is 7.11 Å². The summed E-state index contributed by atoms with van der Waals surface area (Å²) in [5, 5.41) is 10.5. The van der Waals surface area contributed by atoms with Gasteiger partial charge in [0.1, 0.15) is 11.4 Å². The van der Waals surface area contributed by atoms with Gasteiger partial charge in [0.05, 0.1) is 42.2 Å². The van der Waals surface area contributed by atoms with Crippen molar-refractivity contribution in [1.82, 2.24) is 20.1 Å². The van der Waals surface area contributed by atoms with Crippen LogP contribution < -0.4 is 15.4 Å². The Bertz CT molecular complexity index is 1310. The number of ether oxygens (including phenoxy) is 1. The van der Waals surface area contributed by atoms with Crippen LogP contribution in [0.5, 0.6) is 5.75 Å². The van der Waals surface area contributed by atoms with Crippen molar-refractivity contribution in [3.63, 3.8) is 0 Å². The van der Waals surface area contributed by atoms with Crippen LogP contribution in [0.4, 0.5) is 5.69 Å². The van der Waals surface area contributed by atoms with Gasteiger partial charge in [-0.25, -0.2) is 4.98 Å². The minimum atomic E-state index is -0.410. The number of rotatable bonds is 6. The second-order valence-electron chi connectivity index (χ2n) is 7.37. The van der Waals surface area contributed by atoms with Crippen molar-refractivity contribution < 1.29 is 18.7 Å². The maximum absolute atomic E-state index is 13.1. The monoisotopic (exact) mass is 433 g/mol. The minimum absolute atomic E-state index is 0.213. The molecular formula is C23H23N5O4. The van der Waals surface area contributed by atoms with Gasteiger partial charge in [-0.3, -0.25) is 14.3 Å². The number of hydrogen-bond acceptors (Lipinski definition) is 6. The molecule has 1 aromatic carbocycles. The van der Waals surface area contributed by atoms with Crippen molar-refractivity contribution in [2.45, 2.75) is 13.8 Å². The molecule has 0 atom stereocenters. The largest absolute Gasteiger partial charge is 0.495 e. The number of nitrogens with one attached hydrogen (secondary N) is 2. The minimum Gasteiger partial charge on any atom is -0.495 e. The average molecular weight is 433 g/mol. The van der Waals surface area contributed by atoms with Crippen molar-refractivity contribution in [2.75, 3.05) is 19.0 Å². The first-order valence-electron chi connectivity index (χ1n) is 9.98. The van der Waals surface area contributed by atoms with Gasteiger partial charge in [0, 0.05) is 7.05 Å². The first-order valence-corrected chi connectivity index (χ1v) is 9.98. The Morgan fingerprint density at radius 1 is 1.19 bits per heavy atom. The van der Waals surface area contributed by atoms with Crippen LogP contribution in [0.15, 0.2) is 47.1 Å². The number of aromatic nitrogens is 3. The lowest BCUT2D eigenvalue weighted by Gasteiger charge is -2.12. The number of hydrogen-bond donors (Lipinski definition) is 2. The van der Waals surface area contributed by atoms with E-state index in [0.717, 1.165) is 5.56 Å². The highest BCUT2D eigenvalue weighted by Gasteiger charge is 2.20. The fourth-order valence-corrected chi connectivity index (χ4v) is 3.54. The molecule has 2 amide bonds. The third-order valence-corrected chi connectivity index (χ3v) is 5.03. The molecule has 32 heavy (non-hydrogen) atoms. The number of amides is 2. The molecule has 4 aromatic rings. The van der Waals surface area contributed by atoms with Crippen molar-refractivity contribution in [1.29, 1.82) is 0 Å². The van der Waals surface area contributed by atoms with Gasteiger partial charge in [-0.1, -0.05) is 6.07 Å². The molecule has 0 bridgehead atoms. The highest BCUT2D eigenvalue weighted by Crippen LogP contribution is 2.27. The van der Waals surface area contributed by atoms with Crippen LogP contribution in [0.25, 0.3) is 22.5 Å². The van der Waals surface area contributed by atoms with E-state index in [-0.39, 0.29) is 12.5 Å². The molecule has 0 saturated carbocycles. The normalized spacial score (nSPS) is 10.9. The molecule has 9 nitrogen and oxygen atoms in total. The van der Waals surface area contributed by atoms with Crippen LogP contribution in [-0.2, 0) is 11.8 Å². The fraction of sp³-hybridized carbons (Fsp3) is 0.217. The van der Waals surface area contributed by atoms with Crippen molar-refractivity contribution >= 4 is 28.5 Å². The zero-order valence-corrected chi connectivity index (χ0v) is 18.2. The van der Waals surface area contributed by atoms with Gasteiger partial charge in [-0.15, -0.1) is 0 Å². The molecule has 4 rings (SSSR count). The average Bonchev–Trinajstić information content (AvgIpc) is 3.40. The third kappa shape index (κ3) is 4.04. The summed E-state index contributed by atoms with van der Waals surface area (Å²) in [5.74, 6) is 0.290. The van der Waals surface area contributed by atoms with E-state index in [1.807, 2.05) is 19.9 Å². The maximum Gasteiger partial charge on any atom is 0.252 e. The van der Waals surface area contributed by atoms with E-state index in [2.05, 4.69) is 20.7 Å². The first kappa shape index (κ1) is 21.1. The van der Waals surface area contributed by atoms with E-state index >= 15 is 0 Å². The number of carbonyl (C=O) groups is 2. The summed E-state index contributed by atoms with van der Waals surface area (Å²) in [4.78, 5) is 30.1. The molecule has 3 heterocycles. The highest BCUT2D eigenvalue weighted by atomic mass is 16.5. The molecule has 3 aromatic heterocycles. The Hall–Kier alpha value is -4.14. The lowest BCUT2D eigenvalue weighted by atomic mass is 10.1. The van der Waals surface area contributed by atoms with E-state index in [0.29, 0.717) is 45.2 Å². The number of benzene rings is 1. The number of anilines is 1. The van der Waals surface area contributed by atoms with E-state index in [4.69, 9.17) is 9.15 Å². The van der Waals surface area contributed by atoms with Gasteiger partial charge in [0.25, 0.3) is 5.91 Å². The summed E-state index contributed by atoms with van der Waals surface area (Å²) < 4.78 is 12.3. The standard InChI is InChI=1S/C23H23N5O4/c1-13-7-8-18(31-4)16(10-13)25-20(29)12-24-23(30)15-11-17(19-6-5-9-32-19)26-22-21(15)14(2)27-28(22)3/h5-11H,12H2,1-4H3,(H,24,30)(H,25,29). The Morgan fingerprint density at radius 3 is 2.72 bits per heavy atom. The van der Waals surface area contributed by atoms with Gasteiger partial charge in [-0.05, 0) is 49.7 Å². The third-order valence-electron chi connectivity index (χ3n) is 5.03. The second-order valence-corrected chi connectivity index (χ2v) is 7.37. The summed E-state index contributed by atoms with van der Waals surface area (Å²) in [5.41, 5.74) is 3.61. The number of nitrogens with zero attached hydrogens (tertiary/aromatic N) is 3. The van der Waals surface area contributed by atoms with Crippen LogP contribution in [0, 0.1) is 13.8 Å². The number of aryl methyl sites for hydroxylation is 3. The van der Waals surface area contributed by atoms with E-state index < -0.39 is 5.91 Å². The Kier molecular flexibility index (Phi) is 5.63. The summed E-state index contributed by atoms with van der Waals surface area (Å²) >= 11 is 0. The molecule has 0 saturated heterocycles. The summed E-state index contributed by atoms with van der Waals surface area (Å²) in [6.07, 6.45) is 1.54. The maximum atomic E-state index is 13.1. The number of methoxy groups -OCH3 is 1. The first-order chi connectivity index (χ1) is 15.4. The molecule has 0 aliphatic rings.